The number of hydrogen-bond acceptors (Lipinski definition) is 6. The number of hydrogen-bond donors (Lipinski definition) is 2. The van der Waals surface area contributed by atoms with Crippen molar-refractivity contribution in [3.8, 4) is 0 Å². The van der Waals surface area contributed by atoms with E-state index >= 15 is 0 Å². The van der Waals surface area contributed by atoms with E-state index in [2.05, 4.69) is 32.5 Å². The number of nitrogen functional groups attached to an aromatic ring is 1. The van der Waals surface area contributed by atoms with E-state index in [1.165, 1.54) is 5.56 Å². The van der Waals surface area contributed by atoms with Gasteiger partial charge in [-0.05, 0) is 17.4 Å². The van der Waals surface area contributed by atoms with Crippen LogP contribution in [0.25, 0.3) is 10.2 Å². The molecule has 3 rings (SSSR count). The van der Waals surface area contributed by atoms with Gasteiger partial charge in [0.05, 0.1) is 5.39 Å². The summed E-state index contributed by atoms with van der Waals surface area (Å²) in [6, 6.07) is 0. The molecular weight excluding hydrogens is 246 g/mol. The van der Waals surface area contributed by atoms with Gasteiger partial charge in [0.1, 0.15) is 10.6 Å². The Morgan fingerprint density at radius 1 is 1.39 bits per heavy atom. The summed E-state index contributed by atoms with van der Waals surface area (Å²) >= 11 is 1.66. The molecule has 6 heteroatoms. The van der Waals surface area contributed by atoms with Crippen molar-refractivity contribution in [1.29, 1.82) is 0 Å². The van der Waals surface area contributed by atoms with Crippen LogP contribution in [0.1, 0.15) is 12.5 Å². The second kappa shape index (κ2) is 4.70. The van der Waals surface area contributed by atoms with Crippen LogP contribution in [0.5, 0.6) is 0 Å². The first kappa shape index (κ1) is 11.7. The summed E-state index contributed by atoms with van der Waals surface area (Å²) in [7, 11) is 0. The second-order valence-corrected chi connectivity index (χ2v) is 5.30. The molecule has 0 aromatic carbocycles. The average Bonchev–Trinajstić information content (AvgIpc) is 2.83. The SMILES string of the molecule is CCc1csc2nc(N3CCNCC3)nc(N)c12. The van der Waals surface area contributed by atoms with E-state index in [1.807, 2.05) is 0 Å². The van der Waals surface area contributed by atoms with Crippen LogP contribution in [-0.4, -0.2) is 36.1 Å². The van der Waals surface area contributed by atoms with E-state index < -0.39 is 0 Å². The third-order valence-electron chi connectivity index (χ3n) is 3.31. The van der Waals surface area contributed by atoms with Gasteiger partial charge in [-0.1, -0.05) is 6.92 Å². The Labute approximate surface area is 110 Å². The number of aryl methyl sites for hydroxylation is 1. The van der Waals surface area contributed by atoms with Gasteiger partial charge in [0.2, 0.25) is 5.95 Å². The molecule has 2 aromatic rings. The zero-order chi connectivity index (χ0) is 12.5. The molecule has 18 heavy (non-hydrogen) atoms. The van der Waals surface area contributed by atoms with Gasteiger partial charge >= 0.3 is 0 Å². The molecule has 0 saturated carbocycles. The Hall–Kier alpha value is -1.40. The number of rotatable bonds is 2. The van der Waals surface area contributed by atoms with E-state index in [0.29, 0.717) is 5.82 Å². The molecule has 1 fully saturated rings. The van der Waals surface area contributed by atoms with Gasteiger partial charge in [0, 0.05) is 26.2 Å². The molecule has 0 amide bonds. The highest BCUT2D eigenvalue weighted by molar-refractivity contribution is 7.17. The van der Waals surface area contributed by atoms with Crippen molar-refractivity contribution in [3.05, 3.63) is 10.9 Å². The molecule has 0 radical (unpaired) electrons. The monoisotopic (exact) mass is 263 g/mol. The fraction of sp³-hybridized carbons (Fsp3) is 0.500. The Bertz CT molecular complexity index is 559. The highest BCUT2D eigenvalue weighted by Gasteiger charge is 2.17. The maximum absolute atomic E-state index is 6.10. The zero-order valence-corrected chi connectivity index (χ0v) is 11.3. The number of aromatic nitrogens is 2. The van der Waals surface area contributed by atoms with Gasteiger partial charge < -0.3 is 16.0 Å². The smallest absolute Gasteiger partial charge is 0.228 e. The van der Waals surface area contributed by atoms with E-state index in [4.69, 9.17) is 5.73 Å². The first-order valence-electron chi connectivity index (χ1n) is 6.29. The van der Waals surface area contributed by atoms with Gasteiger partial charge in [-0.15, -0.1) is 11.3 Å². The molecule has 0 spiro atoms. The van der Waals surface area contributed by atoms with Crippen molar-refractivity contribution in [2.45, 2.75) is 13.3 Å². The lowest BCUT2D eigenvalue weighted by molar-refractivity contribution is 0.581. The minimum atomic E-state index is 0.617. The molecule has 2 aromatic heterocycles. The van der Waals surface area contributed by atoms with Gasteiger partial charge in [-0.3, -0.25) is 0 Å². The largest absolute Gasteiger partial charge is 0.383 e. The summed E-state index contributed by atoms with van der Waals surface area (Å²) in [5, 5.41) is 6.50. The Kier molecular flexibility index (Phi) is 3.05. The van der Waals surface area contributed by atoms with Gasteiger partial charge in [-0.25, -0.2) is 4.98 Å². The molecule has 3 heterocycles. The van der Waals surface area contributed by atoms with E-state index in [1.54, 1.807) is 11.3 Å². The van der Waals surface area contributed by atoms with Crippen LogP contribution in [0, 0.1) is 0 Å². The molecule has 1 saturated heterocycles. The first-order valence-corrected chi connectivity index (χ1v) is 7.17. The fourth-order valence-corrected chi connectivity index (χ4v) is 3.31. The van der Waals surface area contributed by atoms with Crippen LogP contribution >= 0.6 is 11.3 Å². The van der Waals surface area contributed by atoms with Crippen molar-refractivity contribution >= 4 is 33.3 Å². The molecule has 0 unspecified atom stereocenters. The minimum Gasteiger partial charge on any atom is -0.383 e. The summed E-state index contributed by atoms with van der Waals surface area (Å²) in [5.41, 5.74) is 7.35. The highest BCUT2D eigenvalue weighted by Crippen LogP contribution is 2.30. The number of nitrogens with two attached hydrogens (primary N) is 1. The number of fused-ring (bicyclic) bond motifs is 1. The summed E-state index contributed by atoms with van der Waals surface area (Å²) in [4.78, 5) is 12.3. The maximum Gasteiger partial charge on any atom is 0.228 e. The van der Waals surface area contributed by atoms with Crippen LogP contribution in [0.4, 0.5) is 11.8 Å². The third-order valence-corrected chi connectivity index (χ3v) is 4.23. The summed E-state index contributed by atoms with van der Waals surface area (Å²) in [5.74, 6) is 1.39. The van der Waals surface area contributed by atoms with Crippen molar-refractivity contribution < 1.29 is 0 Å². The molecule has 0 bridgehead atoms. The van der Waals surface area contributed by atoms with Crippen molar-refractivity contribution in [1.82, 2.24) is 15.3 Å². The predicted molar refractivity (Wildman–Crippen MR) is 76.3 cm³/mol. The number of thiophene rings is 1. The highest BCUT2D eigenvalue weighted by atomic mass is 32.1. The van der Waals surface area contributed by atoms with Crippen LogP contribution in [0.2, 0.25) is 0 Å². The van der Waals surface area contributed by atoms with Crippen molar-refractivity contribution in [3.63, 3.8) is 0 Å². The molecule has 96 valence electrons. The van der Waals surface area contributed by atoms with E-state index in [0.717, 1.165) is 48.8 Å². The zero-order valence-electron chi connectivity index (χ0n) is 10.4. The van der Waals surface area contributed by atoms with Crippen LogP contribution in [0.15, 0.2) is 5.38 Å². The lowest BCUT2D eigenvalue weighted by atomic mass is 10.2. The molecular formula is C12H17N5S. The normalized spacial score (nSPS) is 16.4. The molecule has 3 N–H and O–H groups in total. The Morgan fingerprint density at radius 3 is 2.89 bits per heavy atom. The lowest BCUT2D eigenvalue weighted by Crippen LogP contribution is -2.44. The predicted octanol–water partition coefficient (Wildman–Crippen LogP) is 1.25. The molecule has 1 aliphatic rings. The van der Waals surface area contributed by atoms with Gasteiger partial charge in [-0.2, -0.15) is 4.98 Å². The lowest BCUT2D eigenvalue weighted by Gasteiger charge is -2.27. The van der Waals surface area contributed by atoms with E-state index in [9.17, 15) is 0 Å². The summed E-state index contributed by atoms with van der Waals surface area (Å²) in [6.07, 6.45) is 0.973. The van der Waals surface area contributed by atoms with Crippen molar-refractivity contribution in [2.75, 3.05) is 36.8 Å². The quantitative estimate of drug-likeness (QED) is 0.853. The number of piperazine rings is 1. The van der Waals surface area contributed by atoms with Crippen LogP contribution in [0.3, 0.4) is 0 Å². The summed E-state index contributed by atoms with van der Waals surface area (Å²) in [6.45, 7) is 5.97. The molecule has 0 atom stereocenters. The maximum atomic E-state index is 6.10. The van der Waals surface area contributed by atoms with Gasteiger partial charge in [0.15, 0.2) is 0 Å². The second-order valence-electron chi connectivity index (χ2n) is 4.44. The Morgan fingerprint density at radius 2 is 2.17 bits per heavy atom. The number of anilines is 2. The molecule has 0 aliphatic carbocycles. The number of nitrogens with one attached hydrogen (secondary N) is 1. The van der Waals surface area contributed by atoms with E-state index in [-0.39, 0.29) is 0 Å². The summed E-state index contributed by atoms with van der Waals surface area (Å²) < 4.78 is 0. The van der Waals surface area contributed by atoms with Crippen molar-refractivity contribution in [2.24, 2.45) is 0 Å². The minimum absolute atomic E-state index is 0.617. The molecule has 5 nitrogen and oxygen atoms in total. The van der Waals surface area contributed by atoms with Gasteiger partial charge in [0.25, 0.3) is 0 Å². The van der Waals surface area contributed by atoms with Crippen LogP contribution in [-0.2, 0) is 6.42 Å². The fourth-order valence-electron chi connectivity index (χ4n) is 2.28. The van der Waals surface area contributed by atoms with Crippen LogP contribution < -0.4 is 16.0 Å². The number of nitrogens with zero attached hydrogens (tertiary/aromatic N) is 3. The molecule has 1 aliphatic heterocycles. The first-order chi connectivity index (χ1) is 8.79. The Balaban J connectivity index is 2.04. The topological polar surface area (TPSA) is 67.1 Å². The standard InChI is InChI=1S/C12H17N5S/c1-2-8-7-18-11-9(8)10(13)15-12(16-11)17-5-3-14-4-6-17/h7,14H,2-6H2,1H3,(H2,13,15,16). The average molecular weight is 263 g/mol. The third kappa shape index (κ3) is 1.91.